The van der Waals surface area contributed by atoms with E-state index in [2.05, 4.69) is 10.3 Å². The lowest BCUT2D eigenvalue weighted by Gasteiger charge is -2.17. The topological polar surface area (TPSA) is 62.0 Å². The van der Waals surface area contributed by atoms with Gasteiger partial charge < -0.3 is 10.3 Å². The number of rotatable bonds is 3. The number of amides is 1. The van der Waals surface area contributed by atoms with Crippen LogP contribution in [0.2, 0.25) is 0 Å². The van der Waals surface area contributed by atoms with Crippen LogP contribution in [0.5, 0.6) is 0 Å². The highest BCUT2D eigenvalue weighted by atomic mass is 16.2. The van der Waals surface area contributed by atoms with Gasteiger partial charge in [-0.15, -0.1) is 0 Å². The molecule has 0 saturated carbocycles. The number of hydrogen-bond acceptors (Lipinski definition) is 2. The Kier molecular flexibility index (Phi) is 3.66. The van der Waals surface area contributed by atoms with Crippen molar-refractivity contribution >= 4 is 5.91 Å². The van der Waals surface area contributed by atoms with E-state index in [1.807, 2.05) is 20.8 Å². The third-order valence-electron chi connectivity index (χ3n) is 2.40. The number of aromatic amines is 1. The summed E-state index contributed by atoms with van der Waals surface area (Å²) in [6.07, 6.45) is 1.47. The van der Waals surface area contributed by atoms with Crippen molar-refractivity contribution < 1.29 is 4.79 Å². The van der Waals surface area contributed by atoms with Crippen LogP contribution in [-0.2, 0) is 0 Å². The van der Waals surface area contributed by atoms with E-state index in [0.29, 0.717) is 11.5 Å². The molecule has 0 aliphatic carbocycles. The third kappa shape index (κ3) is 3.23. The molecule has 0 bridgehead atoms. The number of aromatic nitrogens is 1. The van der Waals surface area contributed by atoms with E-state index in [9.17, 15) is 9.59 Å². The Hall–Kier alpha value is -1.58. The van der Waals surface area contributed by atoms with Crippen LogP contribution >= 0.6 is 0 Å². The van der Waals surface area contributed by atoms with Crippen molar-refractivity contribution in [1.82, 2.24) is 10.3 Å². The SMILES string of the molecule is CC(C)C(C)NC(=O)c1cc[nH]c(=O)c1. The number of hydrogen-bond donors (Lipinski definition) is 2. The van der Waals surface area contributed by atoms with Crippen molar-refractivity contribution in [3.8, 4) is 0 Å². The maximum absolute atomic E-state index is 11.6. The molecule has 1 aromatic rings. The van der Waals surface area contributed by atoms with Gasteiger partial charge in [-0.05, 0) is 18.9 Å². The first kappa shape index (κ1) is 11.5. The molecule has 1 atom stereocenters. The van der Waals surface area contributed by atoms with Crippen molar-refractivity contribution in [2.45, 2.75) is 26.8 Å². The number of nitrogens with one attached hydrogen (secondary N) is 2. The fourth-order valence-corrected chi connectivity index (χ4v) is 1.04. The molecule has 1 aromatic heterocycles. The average Bonchev–Trinajstić information content (AvgIpc) is 2.17. The first-order valence-corrected chi connectivity index (χ1v) is 5.00. The molecule has 1 rings (SSSR count). The van der Waals surface area contributed by atoms with Gasteiger partial charge in [0.15, 0.2) is 0 Å². The summed E-state index contributed by atoms with van der Waals surface area (Å²) < 4.78 is 0. The Morgan fingerprint density at radius 2 is 2.07 bits per heavy atom. The van der Waals surface area contributed by atoms with E-state index < -0.39 is 0 Å². The fraction of sp³-hybridized carbons (Fsp3) is 0.455. The second kappa shape index (κ2) is 4.77. The fourth-order valence-electron chi connectivity index (χ4n) is 1.04. The summed E-state index contributed by atoms with van der Waals surface area (Å²) in [6.45, 7) is 6.00. The monoisotopic (exact) mass is 208 g/mol. The van der Waals surface area contributed by atoms with Gasteiger partial charge in [-0.3, -0.25) is 9.59 Å². The second-order valence-electron chi connectivity index (χ2n) is 3.95. The summed E-state index contributed by atoms with van der Waals surface area (Å²) in [5, 5.41) is 2.83. The Bertz CT molecular complexity index is 396. The number of pyridine rings is 1. The molecule has 0 aliphatic rings. The van der Waals surface area contributed by atoms with Crippen LogP contribution in [0, 0.1) is 5.92 Å². The van der Waals surface area contributed by atoms with Gasteiger partial charge in [0.25, 0.3) is 5.91 Å². The number of carbonyl (C=O) groups is 1. The lowest BCUT2D eigenvalue weighted by molar-refractivity contribution is 0.0930. The quantitative estimate of drug-likeness (QED) is 0.782. The molecule has 0 radical (unpaired) electrons. The summed E-state index contributed by atoms with van der Waals surface area (Å²) in [4.78, 5) is 25.1. The second-order valence-corrected chi connectivity index (χ2v) is 3.95. The van der Waals surface area contributed by atoms with E-state index >= 15 is 0 Å². The average molecular weight is 208 g/mol. The minimum atomic E-state index is -0.264. The van der Waals surface area contributed by atoms with E-state index in [1.165, 1.54) is 12.3 Å². The minimum Gasteiger partial charge on any atom is -0.349 e. The van der Waals surface area contributed by atoms with Crippen molar-refractivity contribution in [3.63, 3.8) is 0 Å². The first-order chi connectivity index (χ1) is 7.00. The normalized spacial score (nSPS) is 12.5. The molecule has 1 heterocycles. The zero-order valence-electron chi connectivity index (χ0n) is 9.20. The summed E-state index contributed by atoms with van der Waals surface area (Å²) in [5.74, 6) is 0.165. The molecule has 82 valence electrons. The van der Waals surface area contributed by atoms with Crippen molar-refractivity contribution in [2.24, 2.45) is 5.92 Å². The van der Waals surface area contributed by atoms with Crippen molar-refractivity contribution in [1.29, 1.82) is 0 Å². The van der Waals surface area contributed by atoms with Crippen LogP contribution in [0.3, 0.4) is 0 Å². The molecule has 0 aliphatic heterocycles. The number of carbonyl (C=O) groups excluding carboxylic acids is 1. The lowest BCUT2D eigenvalue weighted by Crippen LogP contribution is -2.36. The number of H-pyrrole nitrogens is 1. The maximum atomic E-state index is 11.6. The molecule has 0 saturated heterocycles. The summed E-state index contributed by atoms with van der Waals surface area (Å²) in [6, 6.07) is 2.98. The van der Waals surface area contributed by atoms with Gasteiger partial charge in [0.2, 0.25) is 5.56 Å². The zero-order valence-corrected chi connectivity index (χ0v) is 9.20. The minimum absolute atomic E-state index is 0.0942. The molecular formula is C11H16N2O2. The predicted octanol–water partition coefficient (Wildman–Crippen LogP) is 1.15. The Balaban J connectivity index is 2.74. The molecule has 15 heavy (non-hydrogen) atoms. The van der Waals surface area contributed by atoms with Crippen molar-refractivity contribution in [3.05, 3.63) is 34.2 Å². The molecule has 4 heteroatoms. The molecule has 0 spiro atoms. The Morgan fingerprint density at radius 3 is 2.60 bits per heavy atom. The molecule has 2 N–H and O–H groups in total. The largest absolute Gasteiger partial charge is 0.349 e. The Labute approximate surface area is 88.7 Å². The molecule has 0 fully saturated rings. The van der Waals surface area contributed by atoms with Crippen LogP contribution in [0.1, 0.15) is 31.1 Å². The summed E-state index contributed by atoms with van der Waals surface area (Å²) in [5.41, 5.74) is 0.131. The Morgan fingerprint density at radius 1 is 1.40 bits per heavy atom. The van der Waals surface area contributed by atoms with Gasteiger partial charge in [0.1, 0.15) is 0 Å². The van der Waals surface area contributed by atoms with E-state index in [1.54, 1.807) is 6.07 Å². The predicted molar refractivity (Wildman–Crippen MR) is 58.8 cm³/mol. The standard InChI is InChI=1S/C11H16N2O2/c1-7(2)8(3)13-11(15)9-4-5-12-10(14)6-9/h4-8H,1-3H3,(H,12,14)(H,13,15). The van der Waals surface area contributed by atoms with Gasteiger partial charge in [0, 0.05) is 23.9 Å². The highest BCUT2D eigenvalue weighted by Gasteiger charge is 2.12. The summed E-state index contributed by atoms with van der Waals surface area (Å²) in [7, 11) is 0. The molecule has 0 aromatic carbocycles. The smallest absolute Gasteiger partial charge is 0.251 e. The van der Waals surface area contributed by atoms with Gasteiger partial charge in [-0.2, -0.15) is 0 Å². The molecular weight excluding hydrogens is 192 g/mol. The summed E-state index contributed by atoms with van der Waals surface area (Å²) >= 11 is 0. The van der Waals surface area contributed by atoms with Crippen molar-refractivity contribution in [2.75, 3.05) is 0 Å². The van der Waals surface area contributed by atoms with E-state index in [-0.39, 0.29) is 17.5 Å². The maximum Gasteiger partial charge on any atom is 0.251 e. The highest BCUT2D eigenvalue weighted by Crippen LogP contribution is 2.01. The van der Waals surface area contributed by atoms with Crippen LogP contribution in [0.4, 0.5) is 0 Å². The van der Waals surface area contributed by atoms with Crippen LogP contribution in [-0.4, -0.2) is 16.9 Å². The van der Waals surface area contributed by atoms with Crippen LogP contribution < -0.4 is 10.9 Å². The zero-order chi connectivity index (χ0) is 11.4. The molecule has 1 unspecified atom stereocenters. The van der Waals surface area contributed by atoms with Crippen LogP contribution in [0.15, 0.2) is 23.1 Å². The van der Waals surface area contributed by atoms with E-state index in [4.69, 9.17) is 0 Å². The third-order valence-corrected chi connectivity index (χ3v) is 2.40. The van der Waals surface area contributed by atoms with Gasteiger partial charge >= 0.3 is 0 Å². The van der Waals surface area contributed by atoms with Crippen LogP contribution in [0.25, 0.3) is 0 Å². The van der Waals surface area contributed by atoms with E-state index in [0.717, 1.165) is 0 Å². The lowest BCUT2D eigenvalue weighted by atomic mass is 10.1. The molecule has 1 amide bonds. The highest BCUT2D eigenvalue weighted by molar-refractivity contribution is 5.94. The van der Waals surface area contributed by atoms with Gasteiger partial charge in [-0.25, -0.2) is 0 Å². The first-order valence-electron chi connectivity index (χ1n) is 5.00. The molecule has 4 nitrogen and oxygen atoms in total. The van der Waals surface area contributed by atoms with Gasteiger partial charge in [-0.1, -0.05) is 13.8 Å². The van der Waals surface area contributed by atoms with Gasteiger partial charge in [0.05, 0.1) is 0 Å².